The highest BCUT2D eigenvalue weighted by atomic mass is 32.2. The number of carbonyl (C=O) groups is 1. The second-order valence-electron chi connectivity index (χ2n) is 3.04. The average molecular weight is 254 g/mol. The van der Waals surface area contributed by atoms with E-state index in [2.05, 4.69) is 15.2 Å². The summed E-state index contributed by atoms with van der Waals surface area (Å²) in [6, 6.07) is 1.69. The van der Waals surface area contributed by atoms with Crippen LogP contribution in [0.15, 0.2) is 21.9 Å². The highest BCUT2D eigenvalue weighted by Gasteiger charge is 2.14. The predicted molar refractivity (Wildman–Crippen MR) is 60.7 cm³/mol. The van der Waals surface area contributed by atoms with Crippen molar-refractivity contribution in [1.29, 1.82) is 0 Å². The van der Waals surface area contributed by atoms with Gasteiger partial charge in [-0.15, -0.1) is 5.10 Å². The molecule has 90 valence electrons. The van der Waals surface area contributed by atoms with Crippen molar-refractivity contribution in [2.75, 3.05) is 5.73 Å². The van der Waals surface area contributed by atoms with Crippen LogP contribution in [0.3, 0.4) is 0 Å². The molecule has 0 unspecified atom stereocenters. The molecule has 2 aromatic heterocycles. The molecule has 0 aliphatic rings. The summed E-state index contributed by atoms with van der Waals surface area (Å²) in [6.45, 7) is 0. The van der Waals surface area contributed by atoms with E-state index in [1.54, 1.807) is 6.07 Å². The Bertz CT molecular complexity index is 522. The largest absolute Gasteiger partial charge is 0.459 e. The maximum atomic E-state index is 11.3. The number of aromatic nitrogens is 3. The van der Waals surface area contributed by atoms with E-state index in [4.69, 9.17) is 16.0 Å². The van der Waals surface area contributed by atoms with Crippen LogP contribution in [0.1, 0.15) is 16.1 Å². The third-order valence-electron chi connectivity index (χ3n) is 1.92. The Balaban J connectivity index is 2.04. The van der Waals surface area contributed by atoms with Crippen LogP contribution in [0, 0.1) is 0 Å². The molecule has 0 aromatic carbocycles. The van der Waals surface area contributed by atoms with Crippen LogP contribution in [-0.2, 0) is 5.75 Å². The molecule has 0 saturated heterocycles. The molecule has 8 nitrogen and oxygen atoms in total. The van der Waals surface area contributed by atoms with E-state index >= 15 is 0 Å². The number of nitrogens with one attached hydrogen (secondary N) is 2. The molecule has 0 bridgehead atoms. The van der Waals surface area contributed by atoms with Crippen molar-refractivity contribution in [3.05, 3.63) is 23.7 Å². The average Bonchev–Trinajstić information content (AvgIpc) is 2.94. The molecule has 0 spiro atoms. The van der Waals surface area contributed by atoms with Crippen molar-refractivity contribution in [3.8, 4) is 0 Å². The number of furan rings is 1. The quantitative estimate of drug-likeness (QED) is 0.258. The summed E-state index contributed by atoms with van der Waals surface area (Å²) >= 11 is 1.33. The summed E-state index contributed by atoms with van der Waals surface area (Å²) in [7, 11) is 0. The first-order valence-corrected chi connectivity index (χ1v) is 5.57. The van der Waals surface area contributed by atoms with Gasteiger partial charge in [0.2, 0.25) is 11.1 Å². The summed E-state index contributed by atoms with van der Waals surface area (Å²) in [6.07, 6.45) is 1.42. The van der Waals surface area contributed by atoms with Gasteiger partial charge >= 0.3 is 5.91 Å². The Morgan fingerprint density at radius 2 is 2.47 bits per heavy atom. The molecule has 1 amide bonds. The van der Waals surface area contributed by atoms with Crippen molar-refractivity contribution in [1.82, 2.24) is 20.6 Å². The number of nitrogen functional groups attached to an aromatic ring is 2. The van der Waals surface area contributed by atoms with Gasteiger partial charge in [-0.2, -0.15) is 4.98 Å². The number of H-pyrrole nitrogens is 1. The van der Waals surface area contributed by atoms with E-state index in [9.17, 15) is 4.79 Å². The number of thioether (sulfide) groups is 1. The molecule has 17 heavy (non-hydrogen) atoms. The molecule has 0 aliphatic heterocycles. The number of hydrogen-bond donors (Lipinski definition) is 4. The number of aromatic amines is 1. The number of anilines is 1. The second-order valence-corrected chi connectivity index (χ2v) is 3.98. The van der Waals surface area contributed by atoms with Gasteiger partial charge < -0.3 is 10.2 Å². The van der Waals surface area contributed by atoms with Crippen molar-refractivity contribution in [2.45, 2.75) is 10.9 Å². The first kappa shape index (κ1) is 11.5. The van der Waals surface area contributed by atoms with Crippen LogP contribution in [0.5, 0.6) is 0 Å². The summed E-state index contributed by atoms with van der Waals surface area (Å²) in [5.41, 5.74) is 8.11. The molecule has 0 saturated carbocycles. The first-order chi connectivity index (χ1) is 8.20. The number of amides is 1. The van der Waals surface area contributed by atoms with Crippen molar-refractivity contribution < 1.29 is 9.21 Å². The Morgan fingerprint density at radius 3 is 3.12 bits per heavy atom. The lowest BCUT2D eigenvalue weighted by Crippen LogP contribution is -2.30. The monoisotopic (exact) mass is 254 g/mol. The first-order valence-electron chi connectivity index (χ1n) is 4.58. The van der Waals surface area contributed by atoms with Crippen LogP contribution < -0.4 is 17.0 Å². The molecular formula is C8H10N6O2S. The molecule has 6 N–H and O–H groups in total. The van der Waals surface area contributed by atoms with Gasteiger partial charge in [0, 0.05) is 11.3 Å². The van der Waals surface area contributed by atoms with Crippen LogP contribution in [0.25, 0.3) is 0 Å². The minimum atomic E-state index is -0.472. The highest BCUT2D eigenvalue weighted by Crippen LogP contribution is 2.22. The molecule has 2 rings (SSSR count). The lowest BCUT2D eigenvalue weighted by molar-refractivity contribution is 0.0925. The van der Waals surface area contributed by atoms with Gasteiger partial charge in [0.25, 0.3) is 0 Å². The minimum absolute atomic E-state index is 0.184. The molecule has 0 fully saturated rings. The predicted octanol–water partition coefficient (Wildman–Crippen LogP) is -0.124. The van der Waals surface area contributed by atoms with Gasteiger partial charge in [0.1, 0.15) is 0 Å². The Hall–Kier alpha value is -2.00. The molecule has 0 atom stereocenters. The number of nitrogens with two attached hydrogens (primary N) is 2. The van der Waals surface area contributed by atoms with Gasteiger partial charge in [-0.05, 0) is 6.07 Å². The van der Waals surface area contributed by atoms with Crippen LogP contribution in [-0.4, -0.2) is 21.1 Å². The Kier molecular flexibility index (Phi) is 3.30. The summed E-state index contributed by atoms with van der Waals surface area (Å²) < 4.78 is 5.03. The van der Waals surface area contributed by atoms with Gasteiger partial charge in [0.15, 0.2) is 5.76 Å². The fraction of sp³-hybridized carbons (Fsp3) is 0.125. The zero-order chi connectivity index (χ0) is 12.3. The van der Waals surface area contributed by atoms with Crippen molar-refractivity contribution in [2.24, 2.45) is 5.84 Å². The highest BCUT2D eigenvalue weighted by molar-refractivity contribution is 7.98. The third kappa shape index (κ3) is 2.57. The molecule has 0 radical (unpaired) electrons. The van der Waals surface area contributed by atoms with Gasteiger partial charge in [-0.1, -0.05) is 11.8 Å². The van der Waals surface area contributed by atoms with E-state index in [0.717, 1.165) is 0 Å². The topological polar surface area (TPSA) is 136 Å². The minimum Gasteiger partial charge on any atom is -0.459 e. The van der Waals surface area contributed by atoms with Gasteiger partial charge in [0.05, 0.1) is 6.26 Å². The normalized spacial score (nSPS) is 10.4. The van der Waals surface area contributed by atoms with Gasteiger partial charge in [-0.25, -0.2) is 10.9 Å². The van der Waals surface area contributed by atoms with E-state index in [-0.39, 0.29) is 11.7 Å². The van der Waals surface area contributed by atoms with Crippen molar-refractivity contribution >= 4 is 23.6 Å². The van der Waals surface area contributed by atoms with Crippen molar-refractivity contribution in [3.63, 3.8) is 0 Å². The summed E-state index contributed by atoms with van der Waals surface area (Å²) in [4.78, 5) is 15.2. The van der Waals surface area contributed by atoms with E-state index < -0.39 is 5.91 Å². The molecule has 9 heteroatoms. The number of nitrogens with zero attached hydrogens (tertiary/aromatic N) is 2. The van der Waals surface area contributed by atoms with E-state index in [1.165, 1.54) is 18.0 Å². The van der Waals surface area contributed by atoms with Crippen LogP contribution in [0.2, 0.25) is 0 Å². The molecule has 2 heterocycles. The lowest BCUT2D eigenvalue weighted by Gasteiger charge is -1.99. The zero-order valence-corrected chi connectivity index (χ0v) is 9.45. The number of carbonyl (C=O) groups excluding carboxylic acids is 1. The second kappa shape index (κ2) is 4.89. The third-order valence-corrected chi connectivity index (χ3v) is 2.82. The fourth-order valence-corrected chi connectivity index (χ4v) is 1.96. The molecule has 0 aliphatic carbocycles. The van der Waals surface area contributed by atoms with Crippen LogP contribution in [0.4, 0.5) is 5.95 Å². The Labute approximate surface area is 100 Å². The smallest absolute Gasteiger partial charge is 0.301 e. The lowest BCUT2D eigenvalue weighted by atomic mass is 10.3. The maximum Gasteiger partial charge on any atom is 0.301 e. The standard InChI is InChI=1S/C8H10N6O2S/c9-7-11-8(14-13-7)17-3-4-1-2-16-5(4)6(15)12-10/h1-2H,3,10H2,(H,12,15)(H3,9,11,13,14). The molecular weight excluding hydrogens is 244 g/mol. The SMILES string of the molecule is NNC(=O)c1occc1CSc1n[nH]c(N)n1. The number of rotatable bonds is 4. The Morgan fingerprint density at radius 1 is 1.65 bits per heavy atom. The summed E-state index contributed by atoms with van der Waals surface area (Å²) in [5.74, 6) is 5.47. The van der Waals surface area contributed by atoms with E-state index in [0.29, 0.717) is 16.5 Å². The maximum absolute atomic E-state index is 11.3. The summed E-state index contributed by atoms with van der Waals surface area (Å²) in [5, 5.41) is 6.88. The van der Waals surface area contributed by atoms with Crippen LogP contribution >= 0.6 is 11.8 Å². The fourth-order valence-electron chi connectivity index (χ4n) is 1.18. The zero-order valence-electron chi connectivity index (χ0n) is 8.64. The molecule has 2 aromatic rings. The van der Waals surface area contributed by atoms with Gasteiger partial charge in [-0.3, -0.25) is 10.2 Å². The van der Waals surface area contributed by atoms with E-state index in [1.807, 2.05) is 5.43 Å². The number of hydrazine groups is 1. The number of hydrogen-bond acceptors (Lipinski definition) is 7.